The van der Waals surface area contributed by atoms with Crippen molar-refractivity contribution in [1.29, 1.82) is 0 Å². The lowest BCUT2D eigenvalue weighted by atomic mass is 9.75. The van der Waals surface area contributed by atoms with Crippen LogP contribution in [-0.2, 0) is 5.67 Å². The smallest absolute Gasteiger partial charge is 0.151 e. The van der Waals surface area contributed by atoms with Gasteiger partial charge in [0.2, 0.25) is 0 Å². The standard InChI is InChI=1S/C11H10ClFO/c12-10-4-1-3-9(8(10)7-14)11(13)5-2-6-11/h1,3-4,7H,2,5-6H2. The summed E-state index contributed by atoms with van der Waals surface area (Å²) in [7, 11) is 0. The highest BCUT2D eigenvalue weighted by Crippen LogP contribution is 2.46. The quantitative estimate of drug-likeness (QED) is 0.686. The Hall–Kier alpha value is -0.890. The van der Waals surface area contributed by atoms with E-state index in [0.29, 0.717) is 35.3 Å². The summed E-state index contributed by atoms with van der Waals surface area (Å²) in [6.45, 7) is 0. The predicted molar refractivity (Wildman–Crippen MR) is 53.5 cm³/mol. The first kappa shape index (κ1) is 9.66. The van der Waals surface area contributed by atoms with Gasteiger partial charge in [-0.15, -0.1) is 0 Å². The number of halogens is 2. The van der Waals surface area contributed by atoms with Crippen LogP contribution < -0.4 is 0 Å². The van der Waals surface area contributed by atoms with Gasteiger partial charge in [0, 0.05) is 11.1 Å². The maximum absolute atomic E-state index is 14.0. The molecule has 2 rings (SSSR count). The molecule has 0 aromatic heterocycles. The van der Waals surface area contributed by atoms with Crippen LogP contribution in [0, 0.1) is 0 Å². The van der Waals surface area contributed by atoms with Crippen LogP contribution in [0.2, 0.25) is 5.02 Å². The second kappa shape index (κ2) is 3.35. The molecule has 74 valence electrons. The van der Waals surface area contributed by atoms with Crippen LogP contribution in [0.3, 0.4) is 0 Å². The third-order valence-electron chi connectivity index (χ3n) is 2.80. The molecule has 0 heterocycles. The molecule has 1 aromatic carbocycles. The van der Waals surface area contributed by atoms with E-state index in [1.807, 2.05) is 0 Å². The number of aldehydes is 1. The van der Waals surface area contributed by atoms with Crippen molar-refractivity contribution in [3.8, 4) is 0 Å². The molecular weight excluding hydrogens is 203 g/mol. The molecule has 0 radical (unpaired) electrons. The van der Waals surface area contributed by atoms with E-state index in [-0.39, 0.29) is 0 Å². The van der Waals surface area contributed by atoms with Crippen molar-refractivity contribution in [3.63, 3.8) is 0 Å². The minimum atomic E-state index is -1.32. The third-order valence-corrected chi connectivity index (χ3v) is 3.13. The van der Waals surface area contributed by atoms with Gasteiger partial charge in [-0.05, 0) is 25.3 Å². The van der Waals surface area contributed by atoms with Gasteiger partial charge in [0.05, 0.1) is 5.02 Å². The highest BCUT2D eigenvalue weighted by Gasteiger charge is 2.40. The molecule has 0 spiro atoms. The van der Waals surface area contributed by atoms with Gasteiger partial charge in [-0.25, -0.2) is 4.39 Å². The Labute approximate surface area is 86.9 Å². The summed E-state index contributed by atoms with van der Waals surface area (Å²) in [5, 5.41) is 0.335. The summed E-state index contributed by atoms with van der Waals surface area (Å²) < 4.78 is 14.0. The van der Waals surface area contributed by atoms with E-state index in [1.54, 1.807) is 18.2 Å². The second-order valence-corrected chi connectivity index (χ2v) is 4.04. The van der Waals surface area contributed by atoms with Gasteiger partial charge >= 0.3 is 0 Å². The van der Waals surface area contributed by atoms with E-state index in [1.165, 1.54) is 0 Å². The van der Waals surface area contributed by atoms with Crippen molar-refractivity contribution in [1.82, 2.24) is 0 Å². The number of hydrogen-bond acceptors (Lipinski definition) is 1. The monoisotopic (exact) mass is 212 g/mol. The zero-order chi connectivity index (χ0) is 10.2. The van der Waals surface area contributed by atoms with Crippen molar-refractivity contribution in [2.24, 2.45) is 0 Å². The van der Waals surface area contributed by atoms with Crippen LogP contribution in [0.1, 0.15) is 35.2 Å². The molecule has 0 unspecified atom stereocenters. The van der Waals surface area contributed by atoms with Crippen molar-refractivity contribution >= 4 is 17.9 Å². The van der Waals surface area contributed by atoms with E-state index in [2.05, 4.69) is 0 Å². The molecule has 1 aromatic rings. The van der Waals surface area contributed by atoms with Gasteiger partial charge in [0.25, 0.3) is 0 Å². The molecule has 3 heteroatoms. The van der Waals surface area contributed by atoms with Crippen molar-refractivity contribution in [3.05, 3.63) is 34.3 Å². The average molecular weight is 213 g/mol. The van der Waals surface area contributed by atoms with E-state index in [4.69, 9.17) is 11.6 Å². The Morgan fingerprint density at radius 3 is 2.64 bits per heavy atom. The SMILES string of the molecule is O=Cc1c(Cl)cccc1C1(F)CCC1. The summed E-state index contributed by atoms with van der Waals surface area (Å²) in [6.07, 6.45) is 2.50. The largest absolute Gasteiger partial charge is 0.298 e. The first-order valence-corrected chi connectivity index (χ1v) is 4.98. The molecule has 0 saturated heterocycles. The lowest BCUT2D eigenvalue weighted by molar-refractivity contribution is 0.0597. The second-order valence-electron chi connectivity index (χ2n) is 3.64. The maximum Gasteiger partial charge on any atom is 0.151 e. The van der Waals surface area contributed by atoms with Crippen LogP contribution in [0.5, 0.6) is 0 Å². The lowest BCUT2D eigenvalue weighted by Crippen LogP contribution is -2.30. The van der Waals surface area contributed by atoms with Crippen LogP contribution in [0.4, 0.5) is 4.39 Å². The molecular formula is C11H10ClFO. The normalized spacial score (nSPS) is 18.7. The van der Waals surface area contributed by atoms with E-state index >= 15 is 0 Å². The van der Waals surface area contributed by atoms with Crippen molar-refractivity contribution in [2.45, 2.75) is 24.9 Å². The molecule has 1 saturated carbocycles. The van der Waals surface area contributed by atoms with Gasteiger partial charge in [-0.1, -0.05) is 23.7 Å². The number of alkyl halides is 1. The van der Waals surface area contributed by atoms with E-state index < -0.39 is 5.67 Å². The Kier molecular flexibility index (Phi) is 2.31. The molecule has 0 aliphatic heterocycles. The summed E-state index contributed by atoms with van der Waals surface area (Å²) >= 11 is 5.82. The fourth-order valence-corrected chi connectivity index (χ4v) is 2.02. The van der Waals surface area contributed by atoms with Crippen LogP contribution >= 0.6 is 11.6 Å². The summed E-state index contributed by atoms with van der Waals surface area (Å²) in [6, 6.07) is 4.94. The zero-order valence-electron chi connectivity index (χ0n) is 7.59. The molecule has 0 bridgehead atoms. The molecule has 1 nitrogen and oxygen atoms in total. The van der Waals surface area contributed by atoms with Gasteiger partial charge in [-0.2, -0.15) is 0 Å². The van der Waals surface area contributed by atoms with Crippen molar-refractivity contribution in [2.75, 3.05) is 0 Å². The maximum atomic E-state index is 14.0. The van der Waals surface area contributed by atoms with Gasteiger partial charge in [0.15, 0.2) is 6.29 Å². The number of rotatable bonds is 2. The first-order valence-electron chi connectivity index (χ1n) is 4.60. The minimum Gasteiger partial charge on any atom is -0.298 e. The van der Waals surface area contributed by atoms with Gasteiger partial charge < -0.3 is 0 Å². The highest BCUT2D eigenvalue weighted by molar-refractivity contribution is 6.33. The van der Waals surface area contributed by atoms with Crippen LogP contribution in [0.25, 0.3) is 0 Å². The molecule has 1 aliphatic rings. The first-order chi connectivity index (χ1) is 6.67. The highest BCUT2D eigenvalue weighted by atomic mass is 35.5. The Morgan fingerprint density at radius 2 is 2.14 bits per heavy atom. The summed E-state index contributed by atoms with van der Waals surface area (Å²) in [4.78, 5) is 10.8. The topological polar surface area (TPSA) is 17.1 Å². The number of hydrogen-bond donors (Lipinski definition) is 0. The fraction of sp³-hybridized carbons (Fsp3) is 0.364. The van der Waals surface area contributed by atoms with Crippen LogP contribution in [0.15, 0.2) is 18.2 Å². The Bertz CT molecular complexity index is 372. The molecule has 0 N–H and O–H groups in total. The molecule has 0 amide bonds. The molecule has 1 fully saturated rings. The third kappa shape index (κ3) is 1.34. The summed E-state index contributed by atoms with van der Waals surface area (Å²) in [5.41, 5.74) is -0.566. The van der Waals surface area contributed by atoms with Gasteiger partial charge in [0.1, 0.15) is 5.67 Å². The predicted octanol–water partition coefficient (Wildman–Crippen LogP) is 3.50. The summed E-state index contributed by atoms with van der Waals surface area (Å²) in [5.74, 6) is 0. The zero-order valence-corrected chi connectivity index (χ0v) is 8.35. The van der Waals surface area contributed by atoms with E-state index in [9.17, 15) is 9.18 Å². The minimum absolute atomic E-state index is 0.302. The Morgan fingerprint density at radius 1 is 1.43 bits per heavy atom. The van der Waals surface area contributed by atoms with Gasteiger partial charge in [-0.3, -0.25) is 4.79 Å². The average Bonchev–Trinajstić information content (AvgIpc) is 2.14. The number of benzene rings is 1. The number of carbonyl (C=O) groups excluding carboxylic acids is 1. The molecule has 1 aliphatic carbocycles. The van der Waals surface area contributed by atoms with Crippen molar-refractivity contribution < 1.29 is 9.18 Å². The van der Waals surface area contributed by atoms with E-state index in [0.717, 1.165) is 6.42 Å². The lowest BCUT2D eigenvalue weighted by Gasteiger charge is -2.35. The Balaban J connectivity index is 2.51. The van der Waals surface area contributed by atoms with Crippen LogP contribution in [-0.4, -0.2) is 6.29 Å². The fourth-order valence-electron chi connectivity index (χ4n) is 1.80. The number of carbonyl (C=O) groups is 1. The molecule has 14 heavy (non-hydrogen) atoms. The molecule has 0 atom stereocenters.